The average Bonchev–Trinajstić information content (AvgIpc) is 2.85. The van der Waals surface area contributed by atoms with Crippen molar-refractivity contribution >= 4 is 33.0 Å². The molecule has 1 nitrogen and oxygen atoms in total. The van der Waals surface area contributed by atoms with Gasteiger partial charge in [0, 0.05) is 16.7 Å². The first kappa shape index (κ1) is 13.6. The highest BCUT2D eigenvalue weighted by atomic mass is 35.5. The van der Waals surface area contributed by atoms with Gasteiger partial charge in [-0.1, -0.05) is 41.9 Å². The van der Waals surface area contributed by atoms with E-state index in [1.54, 1.807) is 23.5 Å². The maximum absolute atomic E-state index is 13.4. The molecular weight excluding hydrogens is 295 g/mol. The van der Waals surface area contributed by atoms with Gasteiger partial charge in [0.05, 0.1) is 11.1 Å². The van der Waals surface area contributed by atoms with Crippen LogP contribution in [-0.2, 0) is 6.42 Å². The summed E-state index contributed by atoms with van der Waals surface area (Å²) in [5.41, 5.74) is 1.49. The SMILES string of the molecule is OC(Cc1csc2ccccc12)c1cccc(F)c1Cl. The molecule has 1 aromatic heterocycles. The molecule has 3 aromatic rings. The van der Waals surface area contributed by atoms with Crippen LogP contribution in [0.5, 0.6) is 0 Å². The summed E-state index contributed by atoms with van der Waals surface area (Å²) >= 11 is 7.55. The molecule has 20 heavy (non-hydrogen) atoms. The van der Waals surface area contributed by atoms with Gasteiger partial charge in [0.25, 0.3) is 0 Å². The fourth-order valence-electron chi connectivity index (χ4n) is 2.29. The van der Waals surface area contributed by atoms with Crippen LogP contribution < -0.4 is 0 Å². The highest BCUT2D eigenvalue weighted by Crippen LogP contribution is 2.32. The van der Waals surface area contributed by atoms with E-state index in [4.69, 9.17) is 11.6 Å². The van der Waals surface area contributed by atoms with E-state index < -0.39 is 11.9 Å². The molecule has 0 aliphatic rings. The maximum atomic E-state index is 13.4. The molecule has 0 spiro atoms. The second-order valence-corrected chi connectivity index (χ2v) is 5.91. The number of hydrogen-bond acceptors (Lipinski definition) is 2. The quantitative estimate of drug-likeness (QED) is 0.724. The number of thiophene rings is 1. The van der Waals surface area contributed by atoms with Crippen LogP contribution in [0.2, 0.25) is 5.02 Å². The fraction of sp³-hybridized carbons (Fsp3) is 0.125. The van der Waals surface area contributed by atoms with Crippen molar-refractivity contribution in [2.75, 3.05) is 0 Å². The molecule has 2 aromatic carbocycles. The Morgan fingerprint density at radius 1 is 1.15 bits per heavy atom. The lowest BCUT2D eigenvalue weighted by Crippen LogP contribution is -2.03. The summed E-state index contributed by atoms with van der Waals surface area (Å²) in [4.78, 5) is 0. The Morgan fingerprint density at radius 3 is 2.80 bits per heavy atom. The topological polar surface area (TPSA) is 20.2 Å². The lowest BCUT2D eigenvalue weighted by atomic mass is 10.0. The van der Waals surface area contributed by atoms with Crippen LogP contribution in [0, 0.1) is 5.82 Å². The zero-order valence-electron chi connectivity index (χ0n) is 10.5. The monoisotopic (exact) mass is 306 g/mol. The number of fused-ring (bicyclic) bond motifs is 1. The van der Waals surface area contributed by atoms with E-state index in [9.17, 15) is 9.50 Å². The summed E-state index contributed by atoms with van der Waals surface area (Å²) in [6.45, 7) is 0. The summed E-state index contributed by atoms with van der Waals surface area (Å²) in [7, 11) is 0. The molecule has 102 valence electrons. The van der Waals surface area contributed by atoms with E-state index >= 15 is 0 Å². The third-order valence-electron chi connectivity index (χ3n) is 3.31. The number of halogens is 2. The highest BCUT2D eigenvalue weighted by molar-refractivity contribution is 7.17. The first-order valence-corrected chi connectivity index (χ1v) is 7.49. The van der Waals surface area contributed by atoms with Crippen LogP contribution in [0.1, 0.15) is 17.2 Å². The van der Waals surface area contributed by atoms with Crippen molar-refractivity contribution < 1.29 is 9.50 Å². The predicted octanol–water partition coefficient (Wildman–Crippen LogP) is 4.97. The van der Waals surface area contributed by atoms with Crippen molar-refractivity contribution in [3.8, 4) is 0 Å². The van der Waals surface area contributed by atoms with Crippen molar-refractivity contribution in [2.24, 2.45) is 0 Å². The predicted molar refractivity (Wildman–Crippen MR) is 81.9 cm³/mol. The first-order valence-electron chi connectivity index (χ1n) is 6.24. The smallest absolute Gasteiger partial charge is 0.142 e. The average molecular weight is 307 g/mol. The Morgan fingerprint density at radius 2 is 1.95 bits per heavy atom. The third kappa shape index (κ3) is 2.44. The number of aliphatic hydroxyl groups is 1. The lowest BCUT2D eigenvalue weighted by Gasteiger charge is -2.12. The Hall–Kier alpha value is -1.42. The second-order valence-electron chi connectivity index (χ2n) is 4.62. The van der Waals surface area contributed by atoms with E-state index in [1.807, 2.05) is 29.6 Å². The minimum Gasteiger partial charge on any atom is -0.388 e. The Bertz CT molecular complexity index is 753. The van der Waals surface area contributed by atoms with Gasteiger partial charge in [-0.3, -0.25) is 0 Å². The Labute approximate surface area is 125 Å². The minimum atomic E-state index is -0.809. The zero-order valence-corrected chi connectivity index (χ0v) is 12.1. The van der Waals surface area contributed by atoms with E-state index in [1.165, 1.54) is 10.8 Å². The molecule has 0 saturated carbocycles. The number of rotatable bonds is 3. The molecular formula is C16H12ClFOS. The summed E-state index contributed by atoms with van der Waals surface area (Å²) in [5, 5.41) is 13.5. The van der Waals surface area contributed by atoms with Gasteiger partial charge in [0.1, 0.15) is 5.82 Å². The van der Waals surface area contributed by atoms with Gasteiger partial charge >= 0.3 is 0 Å². The van der Waals surface area contributed by atoms with Crippen molar-refractivity contribution in [3.63, 3.8) is 0 Å². The van der Waals surface area contributed by atoms with Crippen LogP contribution in [-0.4, -0.2) is 5.11 Å². The molecule has 1 N–H and O–H groups in total. The summed E-state index contributed by atoms with van der Waals surface area (Å²) in [6.07, 6.45) is -0.385. The minimum absolute atomic E-state index is 0.000430. The molecule has 1 heterocycles. The molecule has 4 heteroatoms. The van der Waals surface area contributed by atoms with Gasteiger partial charge in [-0.25, -0.2) is 4.39 Å². The van der Waals surface area contributed by atoms with E-state index in [0.717, 1.165) is 10.9 Å². The van der Waals surface area contributed by atoms with E-state index in [2.05, 4.69) is 0 Å². The van der Waals surface area contributed by atoms with Crippen LogP contribution in [0.15, 0.2) is 47.8 Å². The summed E-state index contributed by atoms with van der Waals surface area (Å²) in [5.74, 6) is -0.501. The highest BCUT2D eigenvalue weighted by Gasteiger charge is 2.16. The lowest BCUT2D eigenvalue weighted by molar-refractivity contribution is 0.178. The Balaban J connectivity index is 1.92. The number of hydrogen-bond donors (Lipinski definition) is 1. The zero-order chi connectivity index (χ0) is 14.1. The largest absolute Gasteiger partial charge is 0.388 e. The molecule has 0 amide bonds. The van der Waals surface area contributed by atoms with Gasteiger partial charge in [-0.15, -0.1) is 11.3 Å². The van der Waals surface area contributed by atoms with Crippen molar-refractivity contribution in [3.05, 3.63) is 69.8 Å². The van der Waals surface area contributed by atoms with Crippen molar-refractivity contribution in [1.29, 1.82) is 0 Å². The normalized spacial score (nSPS) is 12.8. The standard InChI is InChI=1S/C16H12ClFOS/c17-16-12(5-3-6-13(16)18)14(19)8-10-9-20-15-7-2-1-4-11(10)15/h1-7,9,14,19H,8H2. The van der Waals surface area contributed by atoms with Crippen LogP contribution >= 0.6 is 22.9 Å². The van der Waals surface area contributed by atoms with Crippen molar-refractivity contribution in [1.82, 2.24) is 0 Å². The van der Waals surface area contributed by atoms with E-state index in [0.29, 0.717) is 12.0 Å². The van der Waals surface area contributed by atoms with Gasteiger partial charge in [0.15, 0.2) is 0 Å². The summed E-state index contributed by atoms with van der Waals surface area (Å²) in [6, 6.07) is 12.5. The summed E-state index contributed by atoms with van der Waals surface area (Å²) < 4.78 is 14.6. The van der Waals surface area contributed by atoms with Crippen LogP contribution in [0.3, 0.4) is 0 Å². The molecule has 0 fully saturated rings. The molecule has 0 saturated heterocycles. The van der Waals surface area contributed by atoms with Gasteiger partial charge in [-0.05, 0) is 28.5 Å². The molecule has 3 rings (SSSR count). The van der Waals surface area contributed by atoms with Crippen LogP contribution in [0.25, 0.3) is 10.1 Å². The molecule has 0 aliphatic carbocycles. The van der Waals surface area contributed by atoms with Gasteiger partial charge in [0.2, 0.25) is 0 Å². The Kier molecular flexibility index (Phi) is 3.74. The fourth-order valence-corrected chi connectivity index (χ4v) is 3.51. The molecule has 0 aliphatic heterocycles. The molecule has 1 atom stereocenters. The second kappa shape index (κ2) is 5.52. The number of aliphatic hydroxyl groups excluding tert-OH is 1. The maximum Gasteiger partial charge on any atom is 0.142 e. The number of benzene rings is 2. The van der Waals surface area contributed by atoms with Crippen molar-refractivity contribution in [2.45, 2.75) is 12.5 Å². The molecule has 1 unspecified atom stereocenters. The molecule has 0 bridgehead atoms. The third-order valence-corrected chi connectivity index (χ3v) is 4.73. The van der Waals surface area contributed by atoms with E-state index in [-0.39, 0.29) is 5.02 Å². The van der Waals surface area contributed by atoms with Gasteiger partial charge in [-0.2, -0.15) is 0 Å². The molecule has 0 radical (unpaired) electrons. The van der Waals surface area contributed by atoms with Gasteiger partial charge < -0.3 is 5.11 Å². The van der Waals surface area contributed by atoms with Crippen LogP contribution in [0.4, 0.5) is 4.39 Å². The first-order chi connectivity index (χ1) is 9.66.